The van der Waals surface area contributed by atoms with Gasteiger partial charge in [0.05, 0.1) is 6.04 Å². The highest BCUT2D eigenvalue weighted by Gasteiger charge is 2.35. The number of nitrogens with two attached hydrogens (primary N) is 1. The van der Waals surface area contributed by atoms with Gasteiger partial charge in [0.1, 0.15) is 0 Å². The molecule has 0 spiro atoms. The fourth-order valence-electron chi connectivity index (χ4n) is 2.80. The number of urea groups is 1. The Morgan fingerprint density at radius 2 is 1.90 bits per heavy atom. The van der Waals surface area contributed by atoms with Crippen molar-refractivity contribution in [3.8, 4) is 0 Å². The number of carbonyl (C=O) groups excluding carboxylic acids is 2. The minimum absolute atomic E-state index is 0.0289. The second-order valence-electron chi connectivity index (χ2n) is 6.83. The van der Waals surface area contributed by atoms with Crippen LogP contribution in [0.1, 0.15) is 33.6 Å². The van der Waals surface area contributed by atoms with Crippen molar-refractivity contribution in [2.24, 2.45) is 11.1 Å². The van der Waals surface area contributed by atoms with Crippen molar-refractivity contribution in [2.75, 3.05) is 26.2 Å². The summed E-state index contributed by atoms with van der Waals surface area (Å²) in [6.07, 6.45) is 1.69. The van der Waals surface area contributed by atoms with Crippen LogP contribution >= 0.6 is 0 Å². The molecule has 2 heterocycles. The highest BCUT2D eigenvalue weighted by atomic mass is 16.2. The van der Waals surface area contributed by atoms with E-state index in [2.05, 4.69) is 5.32 Å². The highest BCUT2D eigenvalue weighted by Crippen LogP contribution is 2.23. The molecule has 2 aliphatic rings. The third-order valence-corrected chi connectivity index (χ3v) is 4.31. The van der Waals surface area contributed by atoms with E-state index in [1.54, 1.807) is 0 Å². The largest absolute Gasteiger partial charge is 0.341 e. The van der Waals surface area contributed by atoms with Gasteiger partial charge in [-0.05, 0) is 18.3 Å². The lowest BCUT2D eigenvalue weighted by atomic mass is 9.86. The van der Waals surface area contributed by atoms with Crippen molar-refractivity contribution in [3.05, 3.63) is 0 Å². The van der Waals surface area contributed by atoms with Crippen LogP contribution in [0.4, 0.5) is 4.79 Å². The maximum absolute atomic E-state index is 12.3. The molecule has 114 valence electrons. The summed E-state index contributed by atoms with van der Waals surface area (Å²) in [7, 11) is 0. The second kappa shape index (κ2) is 5.60. The van der Waals surface area contributed by atoms with Gasteiger partial charge in [0.15, 0.2) is 0 Å². The number of piperidine rings is 1. The van der Waals surface area contributed by atoms with E-state index in [1.807, 2.05) is 30.6 Å². The third-order valence-electron chi connectivity index (χ3n) is 4.31. The number of nitrogens with one attached hydrogen (secondary N) is 1. The van der Waals surface area contributed by atoms with E-state index in [0.29, 0.717) is 13.1 Å². The van der Waals surface area contributed by atoms with E-state index < -0.39 is 6.04 Å². The number of hydrogen-bond donors (Lipinski definition) is 2. The van der Waals surface area contributed by atoms with E-state index in [-0.39, 0.29) is 23.4 Å². The second-order valence-corrected chi connectivity index (χ2v) is 6.83. The van der Waals surface area contributed by atoms with Crippen molar-refractivity contribution in [1.82, 2.24) is 15.1 Å². The molecule has 0 radical (unpaired) electrons. The summed E-state index contributed by atoms with van der Waals surface area (Å²) in [5, 5.41) is 2.83. The van der Waals surface area contributed by atoms with Crippen LogP contribution in [0.25, 0.3) is 0 Å². The van der Waals surface area contributed by atoms with Crippen LogP contribution in [0.5, 0.6) is 0 Å². The summed E-state index contributed by atoms with van der Waals surface area (Å²) in [6.45, 7) is 8.84. The normalized spacial score (nSPS) is 22.9. The van der Waals surface area contributed by atoms with Crippen LogP contribution in [0, 0.1) is 5.41 Å². The van der Waals surface area contributed by atoms with Crippen LogP contribution in [0.3, 0.4) is 0 Å². The van der Waals surface area contributed by atoms with Gasteiger partial charge in [-0.3, -0.25) is 4.79 Å². The monoisotopic (exact) mass is 282 g/mol. The van der Waals surface area contributed by atoms with Crippen LogP contribution < -0.4 is 11.1 Å². The van der Waals surface area contributed by atoms with Gasteiger partial charge in [0.25, 0.3) is 0 Å². The van der Waals surface area contributed by atoms with Crippen LogP contribution in [0.2, 0.25) is 0 Å². The lowest BCUT2D eigenvalue weighted by Gasteiger charge is -2.38. The molecule has 2 aliphatic heterocycles. The minimum Gasteiger partial charge on any atom is -0.341 e. The van der Waals surface area contributed by atoms with Gasteiger partial charge in [0, 0.05) is 32.2 Å². The van der Waals surface area contributed by atoms with Gasteiger partial charge >= 0.3 is 6.03 Å². The zero-order valence-corrected chi connectivity index (χ0v) is 12.7. The molecular weight excluding hydrogens is 256 g/mol. The average Bonchev–Trinajstić information content (AvgIpc) is 2.82. The molecule has 0 saturated carbocycles. The van der Waals surface area contributed by atoms with Crippen molar-refractivity contribution in [2.45, 2.75) is 45.7 Å². The molecule has 0 aromatic carbocycles. The average molecular weight is 282 g/mol. The summed E-state index contributed by atoms with van der Waals surface area (Å²) in [6, 6.07) is -0.178. The number of hydrogen-bond acceptors (Lipinski definition) is 3. The van der Waals surface area contributed by atoms with Crippen molar-refractivity contribution >= 4 is 11.9 Å². The predicted molar refractivity (Wildman–Crippen MR) is 77.1 cm³/mol. The third kappa shape index (κ3) is 3.06. The molecule has 20 heavy (non-hydrogen) atoms. The van der Waals surface area contributed by atoms with Gasteiger partial charge in [-0.1, -0.05) is 20.8 Å². The van der Waals surface area contributed by atoms with E-state index >= 15 is 0 Å². The first-order valence-electron chi connectivity index (χ1n) is 7.39. The van der Waals surface area contributed by atoms with E-state index in [4.69, 9.17) is 5.73 Å². The predicted octanol–water partition coefficient (Wildman–Crippen LogP) is 0.376. The number of nitrogens with zero attached hydrogens (tertiary/aromatic N) is 2. The fourth-order valence-corrected chi connectivity index (χ4v) is 2.80. The smallest absolute Gasteiger partial charge is 0.317 e. The molecule has 2 fully saturated rings. The van der Waals surface area contributed by atoms with Gasteiger partial charge in [-0.25, -0.2) is 4.79 Å². The Labute approximate surface area is 120 Å². The molecule has 2 rings (SSSR count). The zero-order chi connectivity index (χ0) is 14.9. The molecule has 1 atom stereocenters. The quantitative estimate of drug-likeness (QED) is 0.768. The maximum atomic E-state index is 12.3. The number of carbonyl (C=O) groups is 2. The van der Waals surface area contributed by atoms with Gasteiger partial charge < -0.3 is 20.9 Å². The topological polar surface area (TPSA) is 78.7 Å². The van der Waals surface area contributed by atoms with Gasteiger partial charge in [0.2, 0.25) is 5.91 Å². The Morgan fingerprint density at radius 1 is 1.30 bits per heavy atom. The molecule has 6 nitrogen and oxygen atoms in total. The Kier molecular flexibility index (Phi) is 4.22. The molecule has 3 amide bonds. The first-order chi connectivity index (χ1) is 9.30. The first-order valence-corrected chi connectivity index (χ1v) is 7.39. The van der Waals surface area contributed by atoms with E-state index in [0.717, 1.165) is 25.9 Å². The number of amides is 3. The summed E-state index contributed by atoms with van der Waals surface area (Å²) < 4.78 is 0. The fraction of sp³-hybridized carbons (Fsp3) is 0.857. The summed E-state index contributed by atoms with van der Waals surface area (Å²) in [4.78, 5) is 27.7. The van der Waals surface area contributed by atoms with Crippen molar-refractivity contribution in [3.63, 3.8) is 0 Å². The lowest BCUT2D eigenvalue weighted by molar-refractivity contribution is -0.136. The summed E-state index contributed by atoms with van der Waals surface area (Å²) in [5.74, 6) is 0.0295. The van der Waals surface area contributed by atoms with E-state index in [9.17, 15) is 9.59 Å². The molecule has 3 N–H and O–H groups in total. The van der Waals surface area contributed by atoms with Crippen LogP contribution in [0.15, 0.2) is 0 Å². The molecule has 0 aromatic heterocycles. The maximum Gasteiger partial charge on any atom is 0.317 e. The van der Waals surface area contributed by atoms with Crippen molar-refractivity contribution < 1.29 is 9.59 Å². The molecule has 6 heteroatoms. The standard InChI is InChI=1S/C14H26N4O2/c1-14(2,3)11(15)12(19)17-7-4-10(5-8-17)18-9-6-16-13(18)20/h10-11H,4-9,15H2,1-3H3,(H,16,20)/t11-/m0/s1. The Balaban J connectivity index is 1.88. The molecule has 0 bridgehead atoms. The highest BCUT2D eigenvalue weighted by molar-refractivity contribution is 5.82. The molecule has 0 aliphatic carbocycles. The van der Waals surface area contributed by atoms with Crippen LogP contribution in [-0.4, -0.2) is 60.0 Å². The zero-order valence-electron chi connectivity index (χ0n) is 12.7. The molecule has 0 unspecified atom stereocenters. The minimum atomic E-state index is -0.464. The SMILES string of the molecule is CC(C)(C)[C@@H](N)C(=O)N1CCC(N2CCNC2=O)CC1. The molecule has 2 saturated heterocycles. The Bertz CT molecular complexity index is 383. The summed E-state index contributed by atoms with van der Waals surface area (Å²) in [5.41, 5.74) is 5.82. The molecular formula is C14H26N4O2. The van der Waals surface area contributed by atoms with Gasteiger partial charge in [-0.2, -0.15) is 0 Å². The number of rotatable bonds is 2. The van der Waals surface area contributed by atoms with Crippen molar-refractivity contribution in [1.29, 1.82) is 0 Å². The van der Waals surface area contributed by atoms with Crippen LogP contribution in [-0.2, 0) is 4.79 Å². The first kappa shape index (κ1) is 15.1. The summed E-state index contributed by atoms with van der Waals surface area (Å²) >= 11 is 0. The Hall–Kier alpha value is -1.30. The lowest BCUT2D eigenvalue weighted by Crippen LogP contribution is -2.54. The molecule has 0 aromatic rings. The van der Waals surface area contributed by atoms with E-state index in [1.165, 1.54) is 0 Å². The number of likely N-dealkylation sites (tertiary alicyclic amines) is 1. The Morgan fingerprint density at radius 3 is 2.35 bits per heavy atom. The van der Waals surface area contributed by atoms with Gasteiger partial charge in [-0.15, -0.1) is 0 Å².